The summed E-state index contributed by atoms with van der Waals surface area (Å²) in [5.74, 6) is -3.25. The van der Waals surface area contributed by atoms with Crippen LogP contribution in [0.1, 0.15) is 87.7 Å². The lowest BCUT2D eigenvalue weighted by Gasteiger charge is -2.46. The van der Waals surface area contributed by atoms with Crippen molar-refractivity contribution in [3.8, 4) is 0 Å². The molecule has 16 heteroatoms. The van der Waals surface area contributed by atoms with E-state index in [-0.39, 0.29) is 69.2 Å². The minimum atomic E-state index is -1.90. The molecule has 2 N–H and O–H groups in total. The smallest absolute Gasteiger partial charge is 0.410 e. The number of halogens is 2. The number of hydrogen-bond acceptors (Lipinski definition) is 9. The number of aliphatic carboxylic acids is 2. The van der Waals surface area contributed by atoms with Gasteiger partial charge in [-0.2, -0.15) is 0 Å². The van der Waals surface area contributed by atoms with Gasteiger partial charge in [-0.1, -0.05) is 47.5 Å². The molecule has 63 heavy (non-hydrogen) atoms. The Hall–Kier alpha value is -4.63. The van der Waals surface area contributed by atoms with Gasteiger partial charge in [-0.15, -0.1) is 0 Å². The standard InChI is InChI=1S/C47H60Cl2N6O8/c1-46(2,3)63-45(62)55-24-22-54(23-25-55)42(57)33-11-8-7-10-29(33)14-17-36-40(43(58)59)47(4,39-34(48)12-9-13-35(39)49)41(44(60)61)37(51(36)6)28-38(56)53-20-18-52(19-21-53)32-26-30-15-16-31(27-32)50(30)5/h7-13,30-32H,14-28H2,1-6H3,(H,58,59)(H,60,61). The van der Waals surface area contributed by atoms with Gasteiger partial charge in [0.1, 0.15) is 5.60 Å². The summed E-state index contributed by atoms with van der Waals surface area (Å²) in [4.78, 5) is 80.1. The third-order valence-corrected chi connectivity index (χ3v) is 14.6. The molecule has 0 radical (unpaired) electrons. The van der Waals surface area contributed by atoms with Crippen LogP contribution < -0.4 is 0 Å². The molecule has 0 aromatic heterocycles. The first-order chi connectivity index (χ1) is 29.8. The molecule has 4 fully saturated rings. The van der Waals surface area contributed by atoms with E-state index in [4.69, 9.17) is 27.9 Å². The first-order valence-corrected chi connectivity index (χ1v) is 22.8. The van der Waals surface area contributed by atoms with Crippen molar-refractivity contribution in [3.05, 3.63) is 91.7 Å². The van der Waals surface area contributed by atoms with Gasteiger partial charge in [0.25, 0.3) is 5.91 Å². The van der Waals surface area contributed by atoms with E-state index in [0.717, 1.165) is 25.9 Å². The molecule has 7 rings (SSSR count). The Balaban J connectivity index is 1.17. The van der Waals surface area contributed by atoms with Crippen molar-refractivity contribution < 1.29 is 38.9 Å². The number of carboxylic acids is 2. The molecule has 2 bridgehead atoms. The maximum atomic E-state index is 14.4. The number of carbonyl (C=O) groups is 5. The highest BCUT2D eigenvalue weighted by molar-refractivity contribution is 6.36. The Morgan fingerprint density at radius 2 is 1.25 bits per heavy atom. The quantitative estimate of drug-likeness (QED) is 0.274. The number of aryl methyl sites for hydroxylation is 1. The van der Waals surface area contributed by atoms with Gasteiger partial charge in [-0.3, -0.25) is 14.5 Å². The van der Waals surface area contributed by atoms with Gasteiger partial charge >= 0.3 is 18.0 Å². The highest BCUT2D eigenvalue weighted by Gasteiger charge is 2.52. The molecule has 340 valence electrons. The molecule has 0 aliphatic carbocycles. The maximum absolute atomic E-state index is 14.4. The molecule has 3 unspecified atom stereocenters. The number of carboxylic acid groups (broad SMARTS) is 2. The van der Waals surface area contributed by atoms with Gasteiger partial charge in [0.05, 0.1) is 23.0 Å². The largest absolute Gasteiger partial charge is 0.478 e. The lowest BCUT2D eigenvalue weighted by atomic mass is 9.66. The lowest BCUT2D eigenvalue weighted by molar-refractivity contribution is -0.134. The number of carbonyl (C=O) groups excluding carboxylic acids is 3. The number of nitrogens with zero attached hydrogens (tertiary/aromatic N) is 6. The maximum Gasteiger partial charge on any atom is 0.410 e. The average Bonchev–Trinajstić information content (AvgIpc) is 3.41. The number of fused-ring (bicyclic) bond motifs is 2. The van der Waals surface area contributed by atoms with Gasteiger partial charge in [-0.25, -0.2) is 14.4 Å². The van der Waals surface area contributed by atoms with Gasteiger partial charge in [0.15, 0.2) is 0 Å². The van der Waals surface area contributed by atoms with Crippen LogP contribution in [0.2, 0.25) is 10.0 Å². The van der Waals surface area contributed by atoms with Crippen LogP contribution in [0.4, 0.5) is 4.79 Å². The molecule has 5 aliphatic rings. The molecule has 2 aromatic carbocycles. The van der Waals surface area contributed by atoms with Crippen molar-refractivity contribution in [1.82, 2.24) is 29.4 Å². The zero-order chi connectivity index (χ0) is 45.5. The third kappa shape index (κ3) is 9.32. The Bertz CT molecular complexity index is 2170. The van der Waals surface area contributed by atoms with Crippen LogP contribution in [-0.2, 0) is 31.0 Å². The predicted molar refractivity (Wildman–Crippen MR) is 240 cm³/mol. The summed E-state index contributed by atoms with van der Waals surface area (Å²) in [5, 5.41) is 22.4. The summed E-state index contributed by atoms with van der Waals surface area (Å²) < 4.78 is 5.53. The number of hydrogen-bond donors (Lipinski definition) is 2. The Morgan fingerprint density at radius 1 is 0.714 bits per heavy atom. The fourth-order valence-electron chi connectivity index (χ4n) is 10.7. The van der Waals surface area contributed by atoms with E-state index in [1.54, 1.807) is 83.8 Å². The van der Waals surface area contributed by atoms with Gasteiger partial charge in [0, 0.05) is 110 Å². The van der Waals surface area contributed by atoms with Crippen LogP contribution in [0.3, 0.4) is 0 Å². The van der Waals surface area contributed by atoms with Crippen molar-refractivity contribution in [2.75, 3.05) is 66.5 Å². The van der Waals surface area contributed by atoms with Gasteiger partial charge in [0.2, 0.25) is 5.91 Å². The number of amides is 3. The van der Waals surface area contributed by atoms with E-state index in [0.29, 0.717) is 68.5 Å². The van der Waals surface area contributed by atoms with E-state index in [9.17, 15) is 34.2 Å². The van der Waals surface area contributed by atoms with Crippen molar-refractivity contribution in [1.29, 1.82) is 0 Å². The second kappa shape index (κ2) is 18.5. The Labute approximate surface area is 380 Å². The van der Waals surface area contributed by atoms with E-state index >= 15 is 0 Å². The molecular formula is C47H60Cl2N6O8. The van der Waals surface area contributed by atoms with Crippen molar-refractivity contribution >= 4 is 53.0 Å². The number of allylic oxidation sites excluding steroid dienone is 1. The minimum Gasteiger partial charge on any atom is -0.478 e. The first kappa shape index (κ1) is 46.4. The van der Waals surface area contributed by atoms with Crippen LogP contribution in [0.15, 0.2) is 65.0 Å². The predicted octanol–water partition coefficient (Wildman–Crippen LogP) is 6.36. The van der Waals surface area contributed by atoms with Crippen molar-refractivity contribution in [2.24, 2.45) is 0 Å². The molecule has 2 aromatic rings. The summed E-state index contributed by atoms with van der Waals surface area (Å²) in [6.07, 6.45) is 4.23. The molecule has 14 nitrogen and oxygen atoms in total. The summed E-state index contributed by atoms with van der Waals surface area (Å²) >= 11 is 13.7. The molecule has 5 heterocycles. The number of piperidine rings is 1. The number of benzene rings is 2. The topological polar surface area (TPSA) is 154 Å². The van der Waals surface area contributed by atoms with E-state index < -0.39 is 29.0 Å². The summed E-state index contributed by atoms with van der Waals surface area (Å²) in [7, 11) is 3.83. The van der Waals surface area contributed by atoms with Crippen LogP contribution in [0.25, 0.3) is 0 Å². The summed E-state index contributed by atoms with van der Waals surface area (Å²) in [5.41, 5.74) is -1.48. The monoisotopic (exact) mass is 906 g/mol. The average molecular weight is 908 g/mol. The zero-order valence-corrected chi connectivity index (χ0v) is 38.7. The first-order valence-electron chi connectivity index (χ1n) is 22.0. The second-order valence-electron chi connectivity index (χ2n) is 18.7. The molecule has 4 saturated heterocycles. The molecular weight excluding hydrogens is 847 g/mol. The van der Waals surface area contributed by atoms with E-state index in [2.05, 4.69) is 16.8 Å². The molecule has 5 aliphatic heterocycles. The van der Waals surface area contributed by atoms with Crippen LogP contribution in [-0.4, -0.2) is 160 Å². The normalized spacial score (nSPS) is 24.9. The van der Waals surface area contributed by atoms with Crippen LogP contribution >= 0.6 is 23.2 Å². The molecule has 0 spiro atoms. The van der Waals surface area contributed by atoms with Crippen molar-refractivity contribution in [2.45, 2.75) is 102 Å². The summed E-state index contributed by atoms with van der Waals surface area (Å²) in [6, 6.07) is 13.5. The highest BCUT2D eigenvalue weighted by Crippen LogP contribution is 2.52. The third-order valence-electron chi connectivity index (χ3n) is 14.0. The fraction of sp³-hybridized carbons (Fsp3) is 0.553. The van der Waals surface area contributed by atoms with Crippen molar-refractivity contribution in [3.63, 3.8) is 0 Å². The minimum absolute atomic E-state index is 0.0638. The summed E-state index contributed by atoms with van der Waals surface area (Å²) in [6.45, 7) is 10.6. The van der Waals surface area contributed by atoms with Gasteiger partial charge < -0.3 is 39.4 Å². The fourth-order valence-corrected chi connectivity index (χ4v) is 11.4. The lowest BCUT2D eigenvalue weighted by Crippen LogP contribution is -2.56. The molecule has 3 atom stereocenters. The number of ether oxygens (including phenoxy) is 1. The number of piperazine rings is 2. The van der Waals surface area contributed by atoms with E-state index in [1.165, 1.54) is 19.8 Å². The Kier molecular flexibility index (Phi) is 13.6. The number of rotatable bonds is 10. The highest BCUT2D eigenvalue weighted by atomic mass is 35.5. The molecule has 3 amide bonds. The second-order valence-corrected chi connectivity index (χ2v) is 19.5. The van der Waals surface area contributed by atoms with E-state index in [1.807, 2.05) is 6.07 Å². The van der Waals surface area contributed by atoms with Crippen LogP contribution in [0.5, 0.6) is 0 Å². The van der Waals surface area contributed by atoms with Crippen LogP contribution in [0, 0.1) is 0 Å². The SMILES string of the molecule is CN1C(CCc2ccccc2C(=O)N2CCN(C(=O)OC(C)(C)C)CC2)=C(C(=O)O)C(C)(c2c(Cl)cccc2Cl)C(C(=O)O)=C1CC(=O)N1CCN(C2CC3CCC(C2)N3C)CC1. The molecule has 0 saturated carbocycles. The van der Waals surface area contributed by atoms with Gasteiger partial charge in [-0.05, 0) is 97.0 Å². The zero-order valence-electron chi connectivity index (χ0n) is 37.2. The Morgan fingerprint density at radius 3 is 1.83 bits per heavy atom.